The lowest BCUT2D eigenvalue weighted by molar-refractivity contribution is 0.617. The summed E-state index contributed by atoms with van der Waals surface area (Å²) in [6.07, 6.45) is 1.91. The SMILES string of the molecule is CC(Br)CCc1cccc(F)c1Br. The van der Waals surface area contributed by atoms with Gasteiger partial charge in [0.15, 0.2) is 0 Å². The van der Waals surface area contributed by atoms with E-state index >= 15 is 0 Å². The van der Waals surface area contributed by atoms with Gasteiger partial charge in [0.05, 0.1) is 4.47 Å². The Kier molecular flexibility index (Phi) is 4.39. The van der Waals surface area contributed by atoms with Crippen molar-refractivity contribution in [1.82, 2.24) is 0 Å². The van der Waals surface area contributed by atoms with Crippen LogP contribution in [-0.4, -0.2) is 4.83 Å². The third-order valence-corrected chi connectivity index (χ3v) is 3.19. The molecule has 1 unspecified atom stereocenters. The first-order valence-electron chi connectivity index (χ1n) is 4.18. The number of hydrogen-bond donors (Lipinski definition) is 0. The van der Waals surface area contributed by atoms with Gasteiger partial charge >= 0.3 is 0 Å². The van der Waals surface area contributed by atoms with Crippen LogP contribution in [-0.2, 0) is 6.42 Å². The molecule has 0 aromatic heterocycles. The first kappa shape index (κ1) is 11.2. The van der Waals surface area contributed by atoms with Crippen molar-refractivity contribution in [3.8, 4) is 0 Å². The molecular formula is C10H11Br2F. The molecule has 0 aliphatic heterocycles. The van der Waals surface area contributed by atoms with Gasteiger partial charge in [-0.2, -0.15) is 0 Å². The average molecular weight is 310 g/mol. The summed E-state index contributed by atoms with van der Waals surface area (Å²) in [7, 11) is 0. The Balaban J connectivity index is 2.71. The Morgan fingerprint density at radius 2 is 2.15 bits per heavy atom. The van der Waals surface area contributed by atoms with Gasteiger partial charge in [0.25, 0.3) is 0 Å². The molecule has 13 heavy (non-hydrogen) atoms. The Hall–Kier alpha value is 0.110. The van der Waals surface area contributed by atoms with Crippen molar-refractivity contribution in [3.63, 3.8) is 0 Å². The minimum absolute atomic E-state index is 0.181. The zero-order valence-electron chi connectivity index (χ0n) is 7.36. The number of halogens is 3. The summed E-state index contributed by atoms with van der Waals surface area (Å²) >= 11 is 6.71. The second-order valence-corrected chi connectivity index (χ2v) is 5.39. The van der Waals surface area contributed by atoms with Gasteiger partial charge in [0, 0.05) is 4.83 Å². The molecule has 1 aromatic rings. The van der Waals surface area contributed by atoms with E-state index in [1.807, 2.05) is 6.07 Å². The normalized spacial score (nSPS) is 12.9. The monoisotopic (exact) mass is 308 g/mol. The van der Waals surface area contributed by atoms with Crippen molar-refractivity contribution in [2.75, 3.05) is 0 Å². The minimum atomic E-state index is -0.181. The van der Waals surface area contributed by atoms with Crippen LogP contribution in [0.1, 0.15) is 18.9 Å². The lowest BCUT2D eigenvalue weighted by atomic mass is 10.1. The fourth-order valence-corrected chi connectivity index (χ4v) is 1.79. The lowest BCUT2D eigenvalue weighted by Gasteiger charge is -2.06. The maximum atomic E-state index is 13.0. The van der Waals surface area contributed by atoms with Gasteiger partial charge in [0.1, 0.15) is 5.82 Å². The Morgan fingerprint density at radius 3 is 2.77 bits per heavy atom. The quantitative estimate of drug-likeness (QED) is 0.730. The Bertz CT molecular complexity index is 284. The van der Waals surface area contributed by atoms with Crippen molar-refractivity contribution in [2.45, 2.75) is 24.6 Å². The second kappa shape index (κ2) is 5.11. The molecule has 0 saturated heterocycles. The van der Waals surface area contributed by atoms with Crippen LogP contribution in [0.2, 0.25) is 0 Å². The fourth-order valence-electron chi connectivity index (χ4n) is 1.10. The van der Waals surface area contributed by atoms with E-state index in [-0.39, 0.29) is 5.82 Å². The van der Waals surface area contributed by atoms with Crippen LogP contribution in [0.3, 0.4) is 0 Å². The van der Waals surface area contributed by atoms with E-state index in [1.54, 1.807) is 6.07 Å². The van der Waals surface area contributed by atoms with E-state index < -0.39 is 0 Å². The highest BCUT2D eigenvalue weighted by Gasteiger charge is 2.05. The molecule has 0 nitrogen and oxygen atoms in total. The molecular weight excluding hydrogens is 299 g/mol. The number of hydrogen-bond acceptors (Lipinski definition) is 0. The van der Waals surface area contributed by atoms with Crippen molar-refractivity contribution in [3.05, 3.63) is 34.1 Å². The number of alkyl halides is 1. The second-order valence-electron chi connectivity index (χ2n) is 3.03. The molecule has 0 aliphatic rings. The molecule has 0 heterocycles. The summed E-state index contributed by atoms with van der Waals surface area (Å²) in [5, 5.41) is 0. The molecule has 0 fully saturated rings. The van der Waals surface area contributed by atoms with E-state index in [0.29, 0.717) is 9.30 Å². The highest BCUT2D eigenvalue weighted by atomic mass is 79.9. The molecule has 72 valence electrons. The van der Waals surface area contributed by atoms with E-state index in [0.717, 1.165) is 18.4 Å². The van der Waals surface area contributed by atoms with Gasteiger partial charge in [-0.05, 0) is 40.4 Å². The molecule has 1 rings (SSSR count). The average Bonchev–Trinajstić information content (AvgIpc) is 2.07. The Morgan fingerprint density at radius 1 is 1.46 bits per heavy atom. The molecule has 0 radical (unpaired) electrons. The van der Waals surface area contributed by atoms with Crippen LogP contribution < -0.4 is 0 Å². The summed E-state index contributed by atoms with van der Waals surface area (Å²) in [4.78, 5) is 0.475. The predicted molar refractivity (Wildman–Crippen MR) is 60.8 cm³/mol. The van der Waals surface area contributed by atoms with Crippen molar-refractivity contribution < 1.29 is 4.39 Å². The van der Waals surface area contributed by atoms with Crippen LogP contribution in [0.5, 0.6) is 0 Å². The zero-order valence-corrected chi connectivity index (χ0v) is 10.5. The molecule has 3 heteroatoms. The topological polar surface area (TPSA) is 0 Å². The maximum Gasteiger partial charge on any atom is 0.137 e. The highest BCUT2D eigenvalue weighted by Crippen LogP contribution is 2.22. The van der Waals surface area contributed by atoms with Crippen molar-refractivity contribution >= 4 is 31.9 Å². The van der Waals surface area contributed by atoms with Gasteiger partial charge in [-0.3, -0.25) is 0 Å². The summed E-state index contributed by atoms with van der Waals surface area (Å²) in [6, 6.07) is 5.15. The summed E-state index contributed by atoms with van der Waals surface area (Å²) in [5.41, 5.74) is 1.03. The van der Waals surface area contributed by atoms with Crippen LogP contribution >= 0.6 is 31.9 Å². The number of rotatable bonds is 3. The maximum absolute atomic E-state index is 13.0. The highest BCUT2D eigenvalue weighted by molar-refractivity contribution is 9.10. The predicted octanol–water partition coefficient (Wildman–Crippen LogP) is 4.30. The van der Waals surface area contributed by atoms with Gasteiger partial charge in [-0.1, -0.05) is 35.0 Å². The molecule has 0 N–H and O–H groups in total. The molecule has 0 amide bonds. The smallest absolute Gasteiger partial charge is 0.137 e. The van der Waals surface area contributed by atoms with E-state index in [2.05, 4.69) is 38.8 Å². The number of aryl methyl sites for hydroxylation is 1. The minimum Gasteiger partial charge on any atom is -0.206 e. The van der Waals surface area contributed by atoms with E-state index in [9.17, 15) is 4.39 Å². The number of benzene rings is 1. The van der Waals surface area contributed by atoms with E-state index in [1.165, 1.54) is 6.07 Å². The summed E-state index contributed by atoms with van der Waals surface area (Å²) < 4.78 is 13.6. The first-order valence-corrected chi connectivity index (χ1v) is 5.89. The zero-order chi connectivity index (χ0) is 9.84. The van der Waals surface area contributed by atoms with Gasteiger partial charge < -0.3 is 0 Å². The largest absolute Gasteiger partial charge is 0.206 e. The third-order valence-electron chi connectivity index (χ3n) is 1.84. The summed E-state index contributed by atoms with van der Waals surface area (Å²) in [6.45, 7) is 2.09. The Labute approximate surface area is 94.8 Å². The third kappa shape index (κ3) is 3.39. The van der Waals surface area contributed by atoms with Gasteiger partial charge in [0.2, 0.25) is 0 Å². The fraction of sp³-hybridized carbons (Fsp3) is 0.400. The molecule has 0 saturated carbocycles. The molecule has 0 spiro atoms. The standard InChI is InChI=1S/C10H11Br2F/c1-7(11)5-6-8-3-2-4-9(13)10(8)12/h2-4,7H,5-6H2,1H3. The molecule has 1 aromatic carbocycles. The van der Waals surface area contributed by atoms with Crippen LogP contribution in [0.4, 0.5) is 4.39 Å². The van der Waals surface area contributed by atoms with Gasteiger partial charge in [-0.25, -0.2) is 4.39 Å². The van der Waals surface area contributed by atoms with Crippen LogP contribution in [0, 0.1) is 5.82 Å². The lowest BCUT2D eigenvalue weighted by Crippen LogP contribution is -1.95. The molecule has 1 atom stereocenters. The summed E-state index contributed by atoms with van der Waals surface area (Å²) in [5.74, 6) is -0.181. The molecule has 0 aliphatic carbocycles. The molecule has 0 bridgehead atoms. The van der Waals surface area contributed by atoms with Crippen LogP contribution in [0.15, 0.2) is 22.7 Å². The van der Waals surface area contributed by atoms with E-state index in [4.69, 9.17) is 0 Å². The van der Waals surface area contributed by atoms with Crippen molar-refractivity contribution in [1.29, 1.82) is 0 Å². The van der Waals surface area contributed by atoms with Crippen molar-refractivity contribution in [2.24, 2.45) is 0 Å². The van der Waals surface area contributed by atoms with Crippen LogP contribution in [0.25, 0.3) is 0 Å². The first-order chi connectivity index (χ1) is 6.11. The van der Waals surface area contributed by atoms with Gasteiger partial charge in [-0.15, -0.1) is 0 Å².